The quantitative estimate of drug-likeness (QED) is 0.827. The lowest BCUT2D eigenvalue weighted by atomic mass is 9.86. The van der Waals surface area contributed by atoms with E-state index in [0.717, 1.165) is 5.52 Å². The third-order valence-electron chi connectivity index (χ3n) is 3.54. The Hall–Kier alpha value is -2.14. The van der Waals surface area contributed by atoms with E-state index in [2.05, 4.69) is 4.98 Å². The summed E-state index contributed by atoms with van der Waals surface area (Å²) in [6.07, 6.45) is 5.52. The van der Waals surface area contributed by atoms with Crippen LogP contribution in [0.5, 0.6) is 0 Å². The Morgan fingerprint density at radius 1 is 1.47 bits per heavy atom. The molecular weight excluding hydrogens is 244 g/mol. The van der Waals surface area contributed by atoms with E-state index >= 15 is 0 Å². The summed E-state index contributed by atoms with van der Waals surface area (Å²) in [5.41, 5.74) is 0.995. The molecule has 3 rings (SSSR count). The van der Waals surface area contributed by atoms with Crippen molar-refractivity contribution < 1.29 is 13.9 Å². The smallest absolute Gasteiger partial charge is 0.263 e. The summed E-state index contributed by atoms with van der Waals surface area (Å²) < 4.78 is 11.0. The number of para-hydroxylation sites is 1. The van der Waals surface area contributed by atoms with Crippen LogP contribution in [0.15, 0.2) is 41.3 Å². The molecule has 2 heterocycles. The molecule has 1 amide bonds. The fourth-order valence-corrected chi connectivity index (χ4v) is 2.53. The number of amides is 1. The fourth-order valence-electron chi connectivity index (χ4n) is 2.53. The molecule has 0 spiro atoms. The Bertz CT molecular complexity index is 662. The van der Waals surface area contributed by atoms with E-state index in [-0.39, 0.29) is 5.91 Å². The molecule has 98 valence electrons. The number of carbonyl (C=O) groups is 1. The van der Waals surface area contributed by atoms with Crippen molar-refractivity contribution in [2.75, 3.05) is 14.2 Å². The molecule has 0 saturated heterocycles. The molecule has 2 aromatic rings. The molecule has 1 aliphatic heterocycles. The van der Waals surface area contributed by atoms with Gasteiger partial charge >= 0.3 is 0 Å². The monoisotopic (exact) mass is 258 g/mol. The number of aromatic nitrogens is 1. The van der Waals surface area contributed by atoms with E-state index < -0.39 is 5.60 Å². The number of oxazole rings is 1. The Morgan fingerprint density at radius 3 is 3.11 bits per heavy atom. The van der Waals surface area contributed by atoms with Gasteiger partial charge in [0.05, 0.1) is 0 Å². The minimum atomic E-state index is -1.04. The average molecular weight is 258 g/mol. The minimum Gasteiger partial charge on any atom is -0.443 e. The van der Waals surface area contributed by atoms with Gasteiger partial charge in [-0.05, 0) is 6.07 Å². The molecule has 1 aliphatic rings. The van der Waals surface area contributed by atoms with Gasteiger partial charge in [0.1, 0.15) is 5.52 Å². The Morgan fingerprint density at radius 2 is 2.32 bits per heavy atom. The van der Waals surface area contributed by atoms with E-state index in [4.69, 9.17) is 9.15 Å². The molecule has 19 heavy (non-hydrogen) atoms. The molecule has 5 heteroatoms. The average Bonchev–Trinajstić information content (AvgIpc) is 2.90. The summed E-state index contributed by atoms with van der Waals surface area (Å²) in [7, 11) is 3.26. The fraction of sp³-hybridized carbons (Fsp3) is 0.286. The highest BCUT2D eigenvalue weighted by Crippen LogP contribution is 2.37. The van der Waals surface area contributed by atoms with E-state index in [1.54, 1.807) is 20.4 Å². The number of hydrogen-bond donors (Lipinski definition) is 0. The molecule has 1 aromatic carbocycles. The SMILES string of the molecule is COC1(c2cccc3ncoc23)CC=CN(C)C1=O. The minimum absolute atomic E-state index is 0.110. The van der Waals surface area contributed by atoms with Crippen molar-refractivity contribution in [3.8, 4) is 0 Å². The van der Waals surface area contributed by atoms with Crippen LogP contribution in [0.1, 0.15) is 12.0 Å². The van der Waals surface area contributed by atoms with Crippen LogP contribution in [0, 0.1) is 0 Å². The van der Waals surface area contributed by atoms with Crippen LogP contribution in [0.2, 0.25) is 0 Å². The number of fused-ring (bicyclic) bond motifs is 1. The van der Waals surface area contributed by atoms with Crippen LogP contribution in [-0.4, -0.2) is 29.9 Å². The molecule has 0 N–H and O–H groups in total. The summed E-state index contributed by atoms with van der Waals surface area (Å²) in [6, 6.07) is 5.55. The van der Waals surface area contributed by atoms with Crippen molar-refractivity contribution in [3.05, 3.63) is 42.4 Å². The van der Waals surface area contributed by atoms with Gasteiger partial charge in [0, 0.05) is 32.3 Å². The first-order valence-corrected chi connectivity index (χ1v) is 6.01. The van der Waals surface area contributed by atoms with Crippen molar-refractivity contribution >= 4 is 17.0 Å². The topological polar surface area (TPSA) is 55.6 Å². The molecule has 0 radical (unpaired) electrons. The normalized spacial score (nSPS) is 23.3. The Kier molecular flexibility index (Phi) is 2.64. The van der Waals surface area contributed by atoms with Crippen molar-refractivity contribution in [3.63, 3.8) is 0 Å². The van der Waals surface area contributed by atoms with E-state index in [1.165, 1.54) is 11.3 Å². The first-order chi connectivity index (χ1) is 9.19. The lowest BCUT2D eigenvalue weighted by molar-refractivity contribution is -0.153. The number of rotatable bonds is 2. The van der Waals surface area contributed by atoms with Crippen molar-refractivity contribution in [2.24, 2.45) is 0 Å². The van der Waals surface area contributed by atoms with Gasteiger partial charge in [0.25, 0.3) is 5.91 Å². The summed E-state index contributed by atoms with van der Waals surface area (Å²) in [5, 5.41) is 0. The number of methoxy groups -OCH3 is 1. The number of benzene rings is 1. The largest absolute Gasteiger partial charge is 0.443 e. The maximum Gasteiger partial charge on any atom is 0.263 e. The van der Waals surface area contributed by atoms with Crippen LogP contribution < -0.4 is 0 Å². The van der Waals surface area contributed by atoms with Gasteiger partial charge in [-0.25, -0.2) is 4.98 Å². The second-order valence-corrected chi connectivity index (χ2v) is 4.54. The van der Waals surface area contributed by atoms with E-state index in [0.29, 0.717) is 17.6 Å². The van der Waals surface area contributed by atoms with Gasteiger partial charge in [0.15, 0.2) is 17.6 Å². The third-order valence-corrected chi connectivity index (χ3v) is 3.54. The van der Waals surface area contributed by atoms with Gasteiger partial charge < -0.3 is 14.1 Å². The summed E-state index contributed by atoms with van der Waals surface area (Å²) in [5.74, 6) is -0.110. The summed E-state index contributed by atoms with van der Waals surface area (Å²) in [6.45, 7) is 0. The number of ether oxygens (including phenoxy) is 1. The highest BCUT2D eigenvalue weighted by atomic mass is 16.5. The van der Waals surface area contributed by atoms with Gasteiger partial charge in [-0.3, -0.25) is 4.79 Å². The van der Waals surface area contributed by atoms with Gasteiger partial charge in [-0.1, -0.05) is 18.2 Å². The zero-order valence-corrected chi connectivity index (χ0v) is 10.8. The molecule has 1 aromatic heterocycles. The van der Waals surface area contributed by atoms with Crippen molar-refractivity contribution in [2.45, 2.75) is 12.0 Å². The predicted octanol–water partition coefficient (Wildman–Crippen LogP) is 2.05. The lowest BCUT2D eigenvalue weighted by Gasteiger charge is -2.35. The van der Waals surface area contributed by atoms with Crippen LogP contribution in [0.4, 0.5) is 0 Å². The van der Waals surface area contributed by atoms with Crippen molar-refractivity contribution in [1.29, 1.82) is 0 Å². The lowest BCUT2D eigenvalue weighted by Crippen LogP contribution is -2.46. The molecule has 1 atom stereocenters. The van der Waals surface area contributed by atoms with Crippen LogP contribution in [0.3, 0.4) is 0 Å². The maximum absolute atomic E-state index is 12.5. The predicted molar refractivity (Wildman–Crippen MR) is 69.2 cm³/mol. The molecule has 0 saturated carbocycles. The first kappa shape index (κ1) is 11.9. The number of carbonyl (C=O) groups excluding carboxylic acids is 1. The van der Waals surface area contributed by atoms with Crippen LogP contribution in [-0.2, 0) is 15.1 Å². The van der Waals surface area contributed by atoms with Crippen LogP contribution >= 0.6 is 0 Å². The second-order valence-electron chi connectivity index (χ2n) is 4.54. The molecular formula is C14H14N2O3. The first-order valence-electron chi connectivity index (χ1n) is 6.01. The van der Waals surface area contributed by atoms with Gasteiger partial charge in [-0.15, -0.1) is 0 Å². The number of nitrogens with zero attached hydrogens (tertiary/aromatic N) is 2. The zero-order chi connectivity index (χ0) is 13.5. The summed E-state index contributed by atoms with van der Waals surface area (Å²) in [4.78, 5) is 18.2. The van der Waals surface area contributed by atoms with E-state index in [9.17, 15) is 4.79 Å². The number of hydrogen-bond acceptors (Lipinski definition) is 4. The maximum atomic E-state index is 12.5. The molecule has 0 aliphatic carbocycles. The highest BCUT2D eigenvalue weighted by Gasteiger charge is 2.45. The number of likely N-dealkylation sites (N-methyl/N-ethyl adjacent to an activating group) is 1. The standard InChI is InChI=1S/C14H14N2O3/c1-16-8-4-7-14(18-2,13(16)17)10-5-3-6-11-12(10)19-9-15-11/h3-6,8-9H,7H2,1-2H3. The molecule has 0 bridgehead atoms. The molecule has 0 fully saturated rings. The molecule has 1 unspecified atom stereocenters. The van der Waals surface area contributed by atoms with Crippen LogP contribution in [0.25, 0.3) is 11.1 Å². The van der Waals surface area contributed by atoms with Crippen molar-refractivity contribution in [1.82, 2.24) is 9.88 Å². The second kappa shape index (κ2) is 4.20. The Balaban J connectivity index is 2.25. The third kappa shape index (κ3) is 1.58. The molecule has 5 nitrogen and oxygen atoms in total. The highest BCUT2D eigenvalue weighted by molar-refractivity contribution is 5.92. The summed E-state index contributed by atoms with van der Waals surface area (Å²) >= 11 is 0. The van der Waals surface area contributed by atoms with E-state index in [1.807, 2.05) is 24.3 Å². The van der Waals surface area contributed by atoms with Gasteiger partial charge in [-0.2, -0.15) is 0 Å². The van der Waals surface area contributed by atoms with Gasteiger partial charge in [0.2, 0.25) is 0 Å². The Labute approximate surface area is 110 Å². The zero-order valence-electron chi connectivity index (χ0n) is 10.8.